The van der Waals surface area contributed by atoms with Crippen molar-refractivity contribution in [3.05, 3.63) is 54.0 Å². The van der Waals surface area contributed by atoms with E-state index in [1.807, 2.05) is 18.2 Å². The van der Waals surface area contributed by atoms with Crippen LogP contribution in [0.5, 0.6) is 5.75 Å². The predicted octanol–water partition coefficient (Wildman–Crippen LogP) is 2.86. The molecule has 0 radical (unpaired) electrons. The monoisotopic (exact) mass is 314 g/mol. The number of benzene rings is 1. The first-order valence-electron chi connectivity index (χ1n) is 7.97. The maximum atomic E-state index is 12.1. The highest BCUT2D eigenvalue weighted by atomic mass is 16.5. The molecule has 1 aromatic heterocycles. The van der Waals surface area contributed by atoms with Gasteiger partial charge in [0.05, 0.1) is 19.4 Å². The summed E-state index contributed by atoms with van der Waals surface area (Å²) in [5.74, 6) is 1.00. The first kappa shape index (κ1) is 15.6. The number of rotatable bonds is 6. The van der Waals surface area contributed by atoms with E-state index in [-0.39, 0.29) is 11.9 Å². The van der Waals surface area contributed by atoms with E-state index in [4.69, 9.17) is 9.15 Å². The van der Waals surface area contributed by atoms with Crippen LogP contribution in [0.15, 0.2) is 47.1 Å². The molecule has 2 heterocycles. The highest BCUT2D eigenvalue weighted by Gasteiger charge is 2.24. The molecule has 5 heteroatoms. The molecule has 1 aliphatic rings. The minimum Gasteiger partial charge on any atom is -0.497 e. The fourth-order valence-electron chi connectivity index (χ4n) is 3.04. The zero-order valence-corrected chi connectivity index (χ0v) is 13.3. The minimum atomic E-state index is -0.179. The lowest BCUT2D eigenvalue weighted by Gasteiger charge is -2.28. The molecule has 0 aliphatic carbocycles. The van der Waals surface area contributed by atoms with E-state index >= 15 is 0 Å². The number of carbonyl (C=O) groups is 1. The number of amides is 1. The van der Waals surface area contributed by atoms with E-state index in [1.165, 1.54) is 19.1 Å². The SMILES string of the molecule is COc1cccc([C@H](CNC(=O)c2ccco2)N2CCCC2)c1. The van der Waals surface area contributed by atoms with E-state index in [1.54, 1.807) is 19.2 Å². The molecule has 0 spiro atoms. The second kappa shape index (κ2) is 7.33. The third kappa shape index (κ3) is 3.74. The Balaban J connectivity index is 1.74. The number of hydrogen-bond acceptors (Lipinski definition) is 4. The highest BCUT2D eigenvalue weighted by molar-refractivity contribution is 5.91. The standard InChI is InChI=1S/C18H22N2O3/c1-22-15-7-4-6-14(12-15)16(20-9-2-3-10-20)13-19-18(21)17-8-5-11-23-17/h4-8,11-12,16H,2-3,9-10,13H2,1H3,(H,19,21)/t16-/m0/s1. The van der Waals surface area contributed by atoms with Gasteiger partial charge < -0.3 is 14.5 Å². The van der Waals surface area contributed by atoms with Crippen LogP contribution >= 0.6 is 0 Å². The molecule has 5 nitrogen and oxygen atoms in total. The average Bonchev–Trinajstić information content (AvgIpc) is 3.29. The van der Waals surface area contributed by atoms with Crippen molar-refractivity contribution >= 4 is 5.91 Å². The summed E-state index contributed by atoms with van der Waals surface area (Å²) in [6.07, 6.45) is 3.91. The van der Waals surface area contributed by atoms with Gasteiger partial charge in [0.1, 0.15) is 5.75 Å². The van der Waals surface area contributed by atoms with Gasteiger partial charge in [-0.1, -0.05) is 12.1 Å². The minimum absolute atomic E-state index is 0.145. The number of carbonyl (C=O) groups excluding carboxylic acids is 1. The van der Waals surface area contributed by atoms with Crippen LogP contribution in [0.2, 0.25) is 0 Å². The average molecular weight is 314 g/mol. The third-order valence-electron chi connectivity index (χ3n) is 4.26. The van der Waals surface area contributed by atoms with Gasteiger partial charge in [-0.25, -0.2) is 0 Å². The normalized spacial score (nSPS) is 16.2. The van der Waals surface area contributed by atoms with Gasteiger partial charge in [-0.3, -0.25) is 9.69 Å². The lowest BCUT2D eigenvalue weighted by Crippen LogP contribution is -2.36. The fourth-order valence-corrected chi connectivity index (χ4v) is 3.04. The Labute approximate surface area is 136 Å². The van der Waals surface area contributed by atoms with Gasteiger partial charge in [0.15, 0.2) is 5.76 Å². The Morgan fingerprint density at radius 2 is 2.13 bits per heavy atom. The van der Waals surface area contributed by atoms with Crippen LogP contribution in [-0.4, -0.2) is 37.6 Å². The quantitative estimate of drug-likeness (QED) is 0.891. The van der Waals surface area contributed by atoms with E-state index < -0.39 is 0 Å². The van der Waals surface area contributed by atoms with Gasteiger partial charge in [0.2, 0.25) is 0 Å². The summed E-state index contributed by atoms with van der Waals surface area (Å²) in [5.41, 5.74) is 1.16. The molecule has 1 aliphatic heterocycles. The number of nitrogens with zero attached hydrogens (tertiary/aromatic N) is 1. The van der Waals surface area contributed by atoms with Gasteiger partial charge in [-0.2, -0.15) is 0 Å². The highest BCUT2D eigenvalue weighted by Crippen LogP contribution is 2.27. The summed E-state index contributed by atoms with van der Waals surface area (Å²) in [6.45, 7) is 2.66. The van der Waals surface area contributed by atoms with E-state index in [0.29, 0.717) is 12.3 Å². The Morgan fingerprint density at radius 3 is 2.83 bits per heavy atom. The summed E-state index contributed by atoms with van der Waals surface area (Å²) in [6, 6.07) is 11.6. The number of ether oxygens (including phenoxy) is 1. The largest absolute Gasteiger partial charge is 0.497 e. The summed E-state index contributed by atoms with van der Waals surface area (Å²) in [7, 11) is 1.67. The molecule has 1 fully saturated rings. The van der Waals surface area contributed by atoms with Crippen molar-refractivity contribution in [1.82, 2.24) is 10.2 Å². The van der Waals surface area contributed by atoms with Crippen LogP contribution in [0.3, 0.4) is 0 Å². The molecule has 0 saturated carbocycles. The van der Waals surface area contributed by atoms with Crippen LogP contribution < -0.4 is 10.1 Å². The summed E-state index contributed by atoms with van der Waals surface area (Å²) in [4.78, 5) is 14.5. The van der Waals surface area contributed by atoms with Gasteiger partial charge in [0.25, 0.3) is 5.91 Å². The fraction of sp³-hybridized carbons (Fsp3) is 0.389. The number of furan rings is 1. The molecule has 1 N–H and O–H groups in total. The number of hydrogen-bond donors (Lipinski definition) is 1. The summed E-state index contributed by atoms with van der Waals surface area (Å²) in [5, 5.41) is 2.98. The molecular formula is C18H22N2O3. The zero-order chi connectivity index (χ0) is 16.1. The molecule has 2 aromatic rings. The van der Waals surface area contributed by atoms with Crippen molar-refractivity contribution in [2.75, 3.05) is 26.7 Å². The molecular weight excluding hydrogens is 292 g/mol. The number of methoxy groups -OCH3 is 1. The second-order valence-corrected chi connectivity index (χ2v) is 5.72. The molecule has 122 valence electrons. The smallest absolute Gasteiger partial charge is 0.287 e. The number of nitrogens with one attached hydrogen (secondary N) is 1. The number of likely N-dealkylation sites (tertiary alicyclic amines) is 1. The molecule has 1 atom stereocenters. The van der Waals surface area contributed by atoms with E-state index in [2.05, 4.69) is 16.3 Å². The maximum absolute atomic E-state index is 12.1. The van der Waals surface area contributed by atoms with Gasteiger partial charge >= 0.3 is 0 Å². The molecule has 1 aromatic carbocycles. The zero-order valence-electron chi connectivity index (χ0n) is 13.3. The van der Waals surface area contributed by atoms with Crippen LogP contribution in [0.4, 0.5) is 0 Å². The molecule has 1 saturated heterocycles. The topological polar surface area (TPSA) is 54.7 Å². The Kier molecular flexibility index (Phi) is 4.98. The van der Waals surface area contributed by atoms with Gasteiger partial charge in [-0.05, 0) is 55.8 Å². The van der Waals surface area contributed by atoms with Crippen molar-refractivity contribution in [3.63, 3.8) is 0 Å². The molecule has 23 heavy (non-hydrogen) atoms. The Morgan fingerprint density at radius 1 is 1.30 bits per heavy atom. The lowest BCUT2D eigenvalue weighted by atomic mass is 10.0. The van der Waals surface area contributed by atoms with Crippen LogP contribution in [0.25, 0.3) is 0 Å². The maximum Gasteiger partial charge on any atom is 0.287 e. The second-order valence-electron chi connectivity index (χ2n) is 5.72. The first-order valence-corrected chi connectivity index (χ1v) is 7.97. The van der Waals surface area contributed by atoms with Crippen LogP contribution in [0, 0.1) is 0 Å². The molecule has 0 unspecified atom stereocenters. The Hall–Kier alpha value is -2.27. The van der Waals surface area contributed by atoms with Crippen molar-refractivity contribution in [2.24, 2.45) is 0 Å². The van der Waals surface area contributed by atoms with Gasteiger partial charge in [0, 0.05) is 6.54 Å². The van der Waals surface area contributed by atoms with Crippen LogP contribution in [0.1, 0.15) is 35.0 Å². The lowest BCUT2D eigenvalue weighted by molar-refractivity contribution is 0.0910. The predicted molar refractivity (Wildman–Crippen MR) is 87.6 cm³/mol. The van der Waals surface area contributed by atoms with Gasteiger partial charge in [-0.15, -0.1) is 0 Å². The van der Waals surface area contributed by atoms with E-state index in [0.717, 1.165) is 24.4 Å². The van der Waals surface area contributed by atoms with Crippen LogP contribution in [-0.2, 0) is 0 Å². The van der Waals surface area contributed by atoms with Crippen molar-refractivity contribution in [1.29, 1.82) is 0 Å². The Bertz CT molecular complexity index is 633. The first-order chi connectivity index (χ1) is 11.3. The molecule has 3 rings (SSSR count). The van der Waals surface area contributed by atoms with Crippen molar-refractivity contribution in [2.45, 2.75) is 18.9 Å². The van der Waals surface area contributed by atoms with Crippen molar-refractivity contribution in [3.8, 4) is 5.75 Å². The molecule has 0 bridgehead atoms. The van der Waals surface area contributed by atoms with E-state index in [9.17, 15) is 4.79 Å². The van der Waals surface area contributed by atoms with Crippen molar-refractivity contribution < 1.29 is 13.9 Å². The summed E-state index contributed by atoms with van der Waals surface area (Å²) < 4.78 is 10.5. The molecule has 1 amide bonds. The summed E-state index contributed by atoms with van der Waals surface area (Å²) >= 11 is 0. The third-order valence-corrected chi connectivity index (χ3v) is 4.26.